The normalized spacial score (nSPS) is 52.5. The molecule has 1 N–H and O–H groups in total. The molecule has 1 aliphatic heterocycles. The number of allylic oxidation sites excluding steroid dienone is 1. The zero-order valence-corrected chi connectivity index (χ0v) is 24.6. The van der Waals surface area contributed by atoms with Crippen LogP contribution >= 0.6 is 0 Å². The van der Waals surface area contributed by atoms with Gasteiger partial charge in [-0.2, -0.15) is 5.26 Å². The van der Waals surface area contributed by atoms with Gasteiger partial charge < -0.3 is 14.6 Å². The molecule has 0 aromatic rings. The minimum atomic E-state index is -1.44. The fourth-order valence-corrected chi connectivity index (χ4v) is 11.0. The molecule has 6 aliphatic rings. The van der Waals surface area contributed by atoms with Crippen molar-refractivity contribution in [3.05, 3.63) is 11.6 Å². The summed E-state index contributed by atoms with van der Waals surface area (Å²) >= 11 is 0. The van der Waals surface area contributed by atoms with Crippen LogP contribution in [0, 0.1) is 61.6 Å². The molecular weight excluding hydrogens is 494 g/mol. The summed E-state index contributed by atoms with van der Waals surface area (Å²) < 4.78 is 11.4. The zero-order chi connectivity index (χ0) is 28.8. The van der Waals surface area contributed by atoms with Gasteiger partial charge >= 0.3 is 5.97 Å². The van der Waals surface area contributed by atoms with Crippen LogP contribution in [0.15, 0.2) is 11.6 Å². The Kier molecular flexibility index (Phi) is 5.16. The first-order chi connectivity index (χ1) is 17.9. The number of epoxide rings is 1. The number of methoxy groups -OCH3 is 1. The van der Waals surface area contributed by atoms with Gasteiger partial charge in [-0.3, -0.25) is 14.4 Å². The summed E-state index contributed by atoms with van der Waals surface area (Å²) in [7, 11) is 1.40. The highest BCUT2D eigenvalue weighted by Gasteiger charge is 2.82. The molecule has 1 saturated heterocycles. The molecule has 6 rings (SSSR count). The number of rotatable bonds is 1. The molecule has 7 heteroatoms. The Morgan fingerprint density at radius 2 is 1.74 bits per heavy atom. The van der Waals surface area contributed by atoms with Crippen LogP contribution in [0.3, 0.4) is 0 Å². The van der Waals surface area contributed by atoms with E-state index >= 15 is 0 Å². The second-order valence-corrected chi connectivity index (χ2v) is 15.6. The molecule has 39 heavy (non-hydrogen) atoms. The first-order valence-corrected chi connectivity index (χ1v) is 14.6. The molecule has 0 spiro atoms. The van der Waals surface area contributed by atoms with Gasteiger partial charge in [0.05, 0.1) is 18.6 Å². The van der Waals surface area contributed by atoms with Gasteiger partial charge in [-0.15, -0.1) is 0 Å². The Morgan fingerprint density at radius 3 is 2.36 bits per heavy atom. The maximum atomic E-state index is 14.5. The van der Waals surface area contributed by atoms with E-state index < -0.39 is 44.9 Å². The summed E-state index contributed by atoms with van der Waals surface area (Å²) in [6, 6.07) is 2.22. The van der Waals surface area contributed by atoms with E-state index in [-0.39, 0.29) is 40.7 Å². The molecule has 0 aromatic heterocycles. The van der Waals surface area contributed by atoms with E-state index in [1.54, 1.807) is 0 Å². The van der Waals surface area contributed by atoms with Crippen molar-refractivity contribution < 1.29 is 29.0 Å². The van der Waals surface area contributed by atoms with Gasteiger partial charge in [0.2, 0.25) is 5.60 Å². The van der Waals surface area contributed by atoms with E-state index in [0.29, 0.717) is 25.7 Å². The fraction of sp³-hybridized carbons (Fsp3) is 0.812. The predicted octanol–water partition coefficient (Wildman–Crippen LogP) is 4.56. The van der Waals surface area contributed by atoms with Crippen molar-refractivity contribution in [2.75, 3.05) is 7.11 Å². The number of aliphatic hydroxyl groups excluding tert-OH is 1. The van der Waals surface area contributed by atoms with Crippen molar-refractivity contribution in [3.8, 4) is 6.07 Å². The number of ether oxygens (including phenoxy) is 2. The second-order valence-electron chi connectivity index (χ2n) is 15.6. The minimum Gasteiger partial charge on any atom is -0.469 e. The Morgan fingerprint density at radius 1 is 1.08 bits per heavy atom. The number of nitrogens with zero attached hydrogens (tertiary/aromatic N) is 1. The average Bonchev–Trinajstić information content (AvgIpc) is 3.62. The van der Waals surface area contributed by atoms with Gasteiger partial charge in [0, 0.05) is 16.7 Å². The van der Waals surface area contributed by atoms with E-state index in [9.17, 15) is 24.8 Å². The van der Waals surface area contributed by atoms with Crippen LogP contribution in [-0.4, -0.2) is 47.6 Å². The average molecular weight is 538 g/mol. The lowest BCUT2D eigenvalue weighted by Crippen LogP contribution is -2.68. The molecule has 5 fully saturated rings. The van der Waals surface area contributed by atoms with E-state index in [4.69, 9.17) is 9.47 Å². The summed E-state index contributed by atoms with van der Waals surface area (Å²) in [4.78, 5) is 41.4. The van der Waals surface area contributed by atoms with Crippen LogP contribution in [0.4, 0.5) is 0 Å². The maximum Gasteiger partial charge on any atom is 0.312 e. The third-order valence-corrected chi connectivity index (χ3v) is 13.5. The summed E-state index contributed by atoms with van der Waals surface area (Å²) in [5.41, 5.74) is -3.91. The van der Waals surface area contributed by atoms with E-state index in [1.165, 1.54) is 7.11 Å². The first kappa shape index (κ1) is 27.1. The van der Waals surface area contributed by atoms with Gasteiger partial charge in [-0.25, -0.2) is 0 Å². The summed E-state index contributed by atoms with van der Waals surface area (Å²) in [6.07, 6.45) is 4.35. The standard InChI is InChI=1S/C32H43NO6/c1-26(2)14-17-22-18(34)13-20-28(5,29(22,6)11-12-31(17,15-21(26)35)25(37)38-8)10-9-19-27(3,4)23(36)32(16-33)24(39-32)30(19,20)7/h13,17,19,21-22,24,35H,9-12,14-15H2,1-8H3/t17-,19-,21?,22-,24?,28+,29+,30-,31+,32?/m0/s1. The Bertz CT molecular complexity index is 1280. The Balaban J connectivity index is 1.52. The lowest BCUT2D eigenvalue weighted by atomic mass is 9.33. The number of carbonyl (C=O) groups excluding carboxylic acids is 3. The highest BCUT2D eigenvalue weighted by molar-refractivity contribution is 6.01. The SMILES string of the molecule is COC(=O)[C@@]12CC[C@]3(C)[C@H](C(=O)C=C4[C@@]5(C)C6OC6(C#N)C(=O)C(C)(C)[C@@H]5CC[C@]43C)[C@@H]1CC(C)(C)C(O)C2. The lowest BCUT2D eigenvalue weighted by molar-refractivity contribution is -0.204. The number of hydrogen-bond donors (Lipinski definition) is 1. The van der Waals surface area contributed by atoms with Crippen LogP contribution in [0.2, 0.25) is 0 Å². The van der Waals surface area contributed by atoms with E-state index in [1.807, 2.05) is 33.8 Å². The van der Waals surface area contributed by atoms with Crippen molar-refractivity contribution >= 4 is 17.5 Å². The molecule has 7 nitrogen and oxygen atoms in total. The largest absolute Gasteiger partial charge is 0.469 e. The van der Waals surface area contributed by atoms with Gasteiger partial charge in [0.1, 0.15) is 12.2 Å². The lowest BCUT2D eigenvalue weighted by Gasteiger charge is -2.69. The highest BCUT2D eigenvalue weighted by Crippen LogP contribution is 2.77. The smallest absolute Gasteiger partial charge is 0.312 e. The van der Waals surface area contributed by atoms with Gasteiger partial charge in [0.25, 0.3) is 0 Å². The Hall–Kier alpha value is -2.04. The Labute approximate surface area is 231 Å². The molecule has 3 unspecified atom stereocenters. The van der Waals surface area contributed by atoms with Crippen LogP contribution < -0.4 is 0 Å². The number of fused-ring (bicyclic) bond motifs is 9. The molecule has 1 heterocycles. The summed E-state index contributed by atoms with van der Waals surface area (Å²) in [6.45, 7) is 14.6. The molecule has 0 aromatic carbocycles. The zero-order valence-electron chi connectivity index (χ0n) is 24.6. The second kappa shape index (κ2) is 7.42. The number of Topliss-reactive ketones (excluding diaryl/α,β-unsaturated/α-hetero) is 1. The summed E-state index contributed by atoms with van der Waals surface area (Å²) in [5, 5.41) is 21.2. The topological polar surface area (TPSA) is 117 Å². The molecule has 0 bridgehead atoms. The molecule has 0 radical (unpaired) electrons. The van der Waals surface area contributed by atoms with Crippen molar-refractivity contribution in [2.24, 2.45) is 50.2 Å². The third-order valence-electron chi connectivity index (χ3n) is 13.5. The maximum absolute atomic E-state index is 14.5. The number of hydrogen-bond acceptors (Lipinski definition) is 7. The summed E-state index contributed by atoms with van der Waals surface area (Å²) in [5.74, 6) is -1.09. The first-order valence-electron chi connectivity index (χ1n) is 14.6. The number of carbonyl (C=O) groups is 3. The molecule has 0 amide bonds. The van der Waals surface area contributed by atoms with Crippen LogP contribution in [0.1, 0.15) is 87.0 Å². The van der Waals surface area contributed by atoms with E-state index in [2.05, 4.69) is 26.8 Å². The number of ketones is 2. The van der Waals surface area contributed by atoms with Crippen LogP contribution in [-0.2, 0) is 23.9 Å². The van der Waals surface area contributed by atoms with Crippen LogP contribution in [0.25, 0.3) is 0 Å². The van der Waals surface area contributed by atoms with E-state index in [0.717, 1.165) is 18.4 Å². The number of nitriles is 1. The van der Waals surface area contributed by atoms with Gasteiger partial charge in [0.15, 0.2) is 11.6 Å². The third kappa shape index (κ3) is 2.79. The van der Waals surface area contributed by atoms with Crippen molar-refractivity contribution in [2.45, 2.75) is 105 Å². The molecule has 5 aliphatic carbocycles. The van der Waals surface area contributed by atoms with Gasteiger partial charge in [-0.05, 0) is 72.7 Å². The van der Waals surface area contributed by atoms with Crippen molar-refractivity contribution in [1.82, 2.24) is 0 Å². The fourth-order valence-electron chi connectivity index (χ4n) is 11.0. The molecule has 212 valence electrons. The number of esters is 1. The molecular formula is C32H43NO6. The minimum absolute atomic E-state index is 0.0231. The number of aliphatic hydroxyl groups is 1. The monoisotopic (exact) mass is 537 g/mol. The quantitative estimate of drug-likeness (QED) is 0.385. The molecule has 10 atom stereocenters. The predicted molar refractivity (Wildman–Crippen MR) is 142 cm³/mol. The highest BCUT2D eigenvalue weighted by atomic mass is 16.6. The van der Waals surface area contributed by atoms with Gasteiger partial charge in [-0.1, -0.05) is 54.0 Å². The van der Waals surface area contributed by atoms with Crippen molar-refractivity contribution in [3.63, 3.8) is 0 Å². The van der Waals surface area contributed by atoms with Crippen molar-refractivity contribution in [1.29, 1.82) is 5.26 Å². The van der Waals surface area contributed by atoms with Crippen LogP contribution in [0.5, 0.6) is 0 Å². The molecule has 4 saturated carbocycles.